The smallest absolute Gasteiger partial charge is 0.340 e. The van der Waals surface area contributed by atoms with Crippen molar-refractivity contribution < 1.29 is 22.7 Å². The number of hydrogen-bond donors (Lipinski definition) is 0. The number of halogens is 1. The van der Waals surface area contributed by atoms with E-state index in [2.05, 4.69) is 0 Å². The highest BCUT2D eigenvalue weighted by Crippen LogP contribution is 2.21. The first-order valence-corrected chi connectivity index (χ1v) is 9.90. The zero-order valence-corrected chi connectivity index (χ0v) is 15.8. The molecule has 9 heteroatoms. The monoisotopic (exact) mass is 406 g/mol. The number of para-hydroxylation sites is 1. The van der Waals surface area contributed by atoms with Crippen LogP contribution in [0.1, 0.15) is 10.4 Å². The van der Waals surface area contributed by atoms with E-state index < -0.39 is 28.3 Å². The van der Waals surface area contributed by atoms with Crippen LogP contribution in [0.4, 0.5) is 5.69 Å². The average molecular weight is 407 g/mol. The molecule has 2 rings (SSSR count). The molecule has 0 aliphatic rings. The molecule has 140 valence electrons. The maximum Gasteiger partial charge on any atom is 0.340 e. The SMILES string of the molecule is CS(=O)(=O)c1ccc(Cl)c(C(=O)OCC(=O)N(CC#N)c2ccccc2)c1. The van der Waals surface area contributed by atoms with E-state index in [1.165, 1.54) is 17.0 Å². The van der Waals surface area contributed by atoms with Crippen molar-refractivity contribution in [3.05, 3.63) is 59.1 Å². The molecule has 0 aliphatic heterocycles. The fraction of sp³-hybridized carbons (Fsp3) is 0.167. The molecule has 2 aromatic rings. The van der Waals surface area contributed by atoms with Crippen LogP contribution < -0.4 is 4.90 Å². The van der Waals surface area contributed by atoms with Crippen molar-refractivity contribution >= 4 is 39.0 Å². The molecule has 0 atom stereocenters. The van der Waals surface area contributed by atoms with Gasteiger partial charge in [-0.25, -0.2) is 13.2 Å². The predicted molar refractivity (Wildman–Crippen MR) is 99.3 cm³/mol. The van der Waals surface area contributed by atoms with Crippen LogP contribution in [-0.4, -0.2) is 39.7 Å². The van der Waals surface area contributed by atoms with Gasteiger partial charge in [-0.2, -0.15) is 5.26 Å². The van der Waals surface area contributed by atoms with Gasteiger partial charge in [0.25, 0.3) is 5.91 Å². The van der Waals surface area contributed by atoms with Gasteiger partial charge in [-0.15, -0.1) is 0 Å². The van der Waals surface area contributed by atoms with E-state index >= 15 is 0 Å². The summed E-state index contributed by atoms with van der Waals surface area (Å²) in [6.45, 7) is -0.848. The molecule has 0 aliphatic carbocycles. The molecular weight excluding hydrogens is 392 g/mol. The van der Waals surface area contributed by atoms with Crippen LogP contribution >= 0.6 is 11.6 Å². The fourth-order valence-corrected chi connectivity index (χ4v) is 3.02. The minimum Gasteiger partial charge on any atom is -0.452 e. The van der Waals surface area contributed by atoms with Crippen molar-refractivity contribution in [2.45, 2.75) is 4.90 Å². The summed E-state index contributed by atoms with van der Waals surface area (Å²) < 4.78 is 28.2. The molecule has 0 spiro atoms. The second-order valence-electron chi connectivity index (χ2n) is 5.46. The quantitative estimate of drug-likeness (QED) is 0.539. The number of anilines is 1. The second kappa shape index (κ2) is 8.66. The summed E-state index contributed by atoms with van der Waals surface area (Å²) in [5.74, 6) is -1.55. The number of amides is 1. The van der Waals surface area contributed by atoms with E-state index in [1.807, 2.05) is 6.07 Å². The number of sulfone groups is 1. The summed E-state index contributed by atoms with van der Waals surface area (Å²) in [6, 6.07) is 14.0. The molecular formula is C18H15ClN2O5S. The van der Waals surface area contributed by atoms with Crippen LogP contribution in [-0.2, 0) is 19.4 Å². The number of carbonyl (C=O) groups is 2. The van der Waals surface area contributed by atoms with Gasteiger partial charge in [-0.3, -0.25) is 9.69 Å². The maximum atomic E-state index is 12.3. The normalized spacial score (nSPS) is 10.7. The van der Waals surface area contributed by atoms with Gasteiger partial charge >= 0.3 is 5.97 Å². The molecule has 0 saturated heterocycles. The predicted octanol–water partition coefficient (Wildman–Crippen LogP) is 2.46. The van der Waals surface area contributed by atoms with Crippen molar-refractivity contribution in [3.8, 4) is 6.07 Å². The first-order chi connectivity index (χ1) is 12.7. The van der Waals surface area contributed by atoms with Crippen LogP contribution in [0.25, 0.3) is 0 Å². The van der Waals surface area contributed by atoms with Gasteiger partial charge in [0.15, 0.2) is 16.4 Å². The van der Waals surface area contributed by atoms with E-state index in [0.717, 1.165) is 12.3 Å². The first kappa shape index (κ1) is 20.4. The molecule has 0 saturated carbocycles. The first-order valence-electron chi connectivity index (χ1n) is 7.63. The lowest BCUT2D eigenvalue weighted by Crippen LogP contribution is -2.35. The molecule has 1 amide bonds. The lowest BCUT2D eigenvalue weighted by Gasteiger charge is -2.19. The third-order valence-corrected chi connectivity index (χ3v) is 4.95. The van der Waals surface area contributed by atoms with Crippen LogP contribution in [0.2, 0.25) is 5.02 Å². The minimum absolute atomic E-state index is 0.00297. The van der Waals surface area contributed by atoms with Gasteiger partial charge < -0.3 is 4.74 Å². The van der Waals surface area contributed by atoms with E-state index in [0.29, 0.717) is 5.69 Å². The van der Waals surface area contributed by atoms with Crippen LogP contribution in [0.3, 0.4) is 0 Å². The number of nitrogens with zero attached hydrogens (tertiary/aromatic N) is 2. The van der Waals surface area contributed by atoms with Crippen LogP contribution in [0, 0.1) is 11.3 Å². The lowest BCUT2D eigenvalue weighted by atomic mass is 10.2. The van der Waals surface area contributed by atoms with Crippen LogP contribution in [0.5, 0.6) is 0 Å². The van der Waals surface area contributed by atoms with Crippen LogP contribution in [0.15, 0.2) is 53.4 Å². The van der Waals surface area contributed by atoms with Gasteiger partial charge in [0, 0.05) is 11.9 Å². The Bertz CT molecular complexity index is 1000. The highest BCUT2D eigenvalue weighted by atomic mass is 35.5. The van der Waals surface area contributed by atoms with Crippen molar-refractivity contribution in [3.63, 3.8) is 0 Å². The number of carbonyl (C=O) groups excluding carboxylic acids is 2. The van der Waals surface area contributed by atoms with E-state index in [1.54, 1.807) is 30.3 Å². The summed E-state index contributed by atoms with van der Waals surface area (Å²) in [5, 5.41) is 8.92. The highest BCUT2D eigenvalue weighted by Gasteiger charge is 2.20. The largest absolute Gasteiger partial charge is 0.452 e. The Morgan fingerprint density at radius 3 is 2.44 bits per heavy atom. The van der Waals surface area contributed by atoms with Gasteiger partial charge in [0.1, 0.15) is 6.54 Å². The molecule has 2 aromatic carbocycles. The molecule has 0 heterocycles. The molecule has 0 aromatic heterocycles. The number of benzene rings is 2. The third kappa shape index (κ3) is 5.29. The number of nitriles is 1. The minimum atomic E-state index is -3.54. The summed E-state index contributed by atoms with van der Waals surface area (Å²) in [6.07, 6.45) is 0.995. The standard InChI is InChI=1S/C18H15ClN2O5S/c1-27(24,25)14-7-8-16(19)15(11-14)18(23)26-12-17(22)21(10-9-20)13-5-3-2-4-6-13/h2-8,11H,10,12H2,1H3. The molecule has 0 N–H and O–H groups in total. The Kier molecular flexibility index (Phi) is 6.55. The Labute approximate surface area is 161 Å². The van der Waals surface area contributed by atoms with Gasteiger partial charge in [-0.05, 0) is 30.3 Å². The molecule has 0 bridgehead atoms. The van der Waals surface area contributed by atoms with Crippen molar-refractivity contribution in [2.75, 3.05) is 24.3 Å². The highest BCUT2D eigenvalue weighted by molar-refractivity contribution is 7.90. The summed E-state index contributed by atoms with van der Waals surface area (Å²) in [4.78, 5) is 25.6. The molecule has 27 heavy (non-hydrogen) atoms. The Balaban J connectivity index is 2.15. The molecule has 0 radical (unpaired) electrons. The van der Waals surface area contributed by atoms with Crippen molar-refractivity contribution in [1.29, 1.82) is 5.26 Å². The Hall–Kier alpha value is -2.89. The van der Waals surface area contributed by atoms with E-state index in [-0.39, 0.29) is 22.0 Å². The summed E-state index contributed by atoms with van der Waals surface area (Å²) in [7, 11) is -3.54. The Morgan fingerprint density at radius 1 is 1.19 bits per heavy atom. The number of ether oxygens (including phenoxy) is 1. The zero-order chi connectivity index (χ0) is 20.0. The van der Waals surface area contributed by atoms with Crippen molar-refractivity contribution in [2.24, 2.45) is 0 Å². The molecule has 7 nitrogen and oxygen atoms in total. The average Bonchev–Trinajstić information content (AvgIpc) is 2.64. The number of hydrogen-bond acceptors (Lipinski definition) is 6. The summed E-state index contributed by atoms with van der Waals surface area (Å²) in [5.41, 5.74) is 0.316. The molecule has 0 unspecified atom stereocenters. The maximum absolute atomic E-state index is 12.3. The fourth-order valence-electron chi connectivity index (χ4n) is 2.18. The van der Waals surface area contributed by atoms with Gasteiger partial charge in [-0.1, -0.05) is 29.8 Å². The Morgan fingerprint density at radius 2 is 1.85 bits per heavy atom. The topological polar surface area (TPSA) is 105 Å². The summed E-state index contributed by atoms with van der Waals surface area (Å²) >= 11 is 5.93. The van der Waals surface area contributed by atoms with Crippen molar-refractivity contribution in [1.82, 2.24) is 0 Å². The van der Waals surface area contributed by atoms with Gasteiger partial charge in [0.2, 0.25) is 0 Å². The lowest BCUT2D eigenvalue weighted by molar-refractivity contribution is -0.121. The third-order valence-electron chi connectivity index (χ3n) is 3.51. The number of esters is 1. The molecule has 0 fully saturated rings. The van der Waals surface area contributed by atoms with E-state index in [9.17, 15) is 18.0 Å². The van der Waals surface area contributed by atoms with E-state index in [4.69, 9.17) is 21.6 Å². The van der Waals surface area contributed by atoms with Gasteiger partial charge in [0.05, 0.1) is 21.6 Å². The zero-order valence-electron chi connectivity index (χ0n) is 14.3. The number of rotatable bonds is 6. The second-order valence-corrected chi connectivity index (χ2v) is 7.89.